The highest BCUT2D eigenvalue weighted by atomic mass is 16.4. The Bertz CT molecular complexity index is 2080. The molecule has 0 aliphatic heterocycles. The smallest absolute Gasteiger partial charge is 0.326 e. The number of rotatable bonds is 37. The second-order valence-electron chi connectivity index (χ2n) is 17.3. The molecule has 0 aromatic heterocycles. The summed E-state index contributed by atoms with van der Waals surface area (Å²) in [5.74, 6) is -15.9. The van der Waals surface area contributed by atoms with E-state index in [0.717, 1.165) is 0 Å². The van der Waals surface area contributed by atoms with E-state index in [1.807, 2.05) is 0 Å². The Hall–Kier alpha value is -7.46. The molecule has 1 aromatic rings. The van der Waals surface area contributed by atoms with Crippen molar-refractivity contribution in [1.82, 2.24) is 37.2 Å². The first-order valence-corrected chi connectivity index (χ1v) is 23.6. The van der Waals surface area contributed by atoms with Gasteiger partial charge in [-0.1, -0.05) is 38.8 Å². The molecule has 0 heterocycles. The van der Waals surface area contributed by atoms with Gasteiger partial charge in [0.2, 0.25) is 47.3 Å². The maximum Gasteiger partial charge on any atom is 0.326 e. The lowest BCUT2D eigenvalue weighted by Gasteiger charge is -2.29. The van der Waals surface area contributed by atoms with E-state index in [0.29, 0.717) is 37.8 Å². The topological polar surface area (TPSA) is 494 Å². The van der Waals surface area contributed by atoms with E-state index in [2.05, 4.69) is 37.2 Å². The van der Waals surface area contributed by atoms with Gasteiger partial charge in [0.05, 0.1) is 18.9 Å². The van der Waals surface area contributed by atoms with Crippen LogP contribution in [0.5, 0.6) is 5.75 Å². The number of benzene rings is 1. The Morgan fingerprint density at radius 2 is 0.932 bits per heavy atom. The molecule has 73 heavy (non-hydrogen) atoms. The Balaban J connectivity index is 3.53. The third-order valence-corrected chi connectivity index (χ3v) is 11.3. The normalized spacial score (nSPS) is 14.6. The third kappa shape index (κ3) is 25.0. The molecule has 0 fully saturated rings. The highest BCUT2D eigenvalue weighted by Crippen LogP contribution is 2.14. The number of primary amides is 1. The molecule has 0 radical (unpaired) electrons. The van der Waals surface area contributed by atoms with Crippen LogP contribution in [0.1, 0.15) is 103 Å². The van der Waals surface area contributed by atoms with Gasteiger partial charge in [-0.2, -0.15) is 0 Å². The minimum Gasteiger partial charge on any atom is -0.508 e. The van der Waals surface area contributed by atoms with E-state index >= 15 is 0 Å². The predicted octanol–water partition coefficient (Wildman–Crippen LogP) is -3.88. The van der Waals surface area contributed by atoms with Crippen LogP contribution in [-0.2, 0) is 64.0 Å². The number of carbonyl (C=O) groups is 12. The van der Waals surface area contributed by atoms with Crippen LogP contribution in [0.25, 0.3) is 0 Å². The zero-order valence-corrected chi connectivity index (χ0v) is 40.8. The summed E-state index contributed by atoms with van der Waals surface area (Å²) in [5, 5.41) is 64.2. The fourth-order valence-corrected chi connectivity index (χ4v) is 6.92. The first-order chi connectivity index (χ1) is 34.3. The molecule has 9 atom stereocenters. The number of nitrogens with one attached hydrogen (secondary N) is 7. The van der Waals surface area contributed by atoms with Crippen molar-refractivity contribution in [2.75, 3.05) is 13.1 Å². The number of phenols is 1. The molecule has 0 saturated heterocycles. The Labute approximate surface area is 420 Å². The van der Waals surface area contributed by atoms with E-state index in [1.165, 1.54) is 31.2 Å². The number of carboxylic acids is 4. The van der Waals surface area contributed by atoms with Crippen molar-refractivity contribution in [1.29, 1.82) is 0 Å². The van der Waals surface area contributed by atoms with Gasteiger partial charge in [0.25, 0.3) is 0 Å². The standard InChI is InChI=1S/C45H71N11O17/c1-3-23(2)37(44(71)55-31(21-33(49)58)42(69)52-29(45(72)73)9-5-7-19-47)56-40(67)28(15-17-35(61)62)51-43(70)32(22-36(63)64)54-39(66)27(14-16-34(59)60)50-41(68)30(20-24-10-12-25(57)13-11-24)53-38(65)26(48)8-4-6-18-46/h10-13,23,26-32,37,57H,3-9,14-22,46-48H2,1-2H3,(H2,49,58)(H,50,68)(H,51,70)(H,52,69)(H,53,65)(H,54,66)(H,55,71)(H,56,67)(H,59,60)(H,61,62)(H,63,64)(H,72,73)/t23-,26-,27-,28-,29-,30-,31-,32-,37-/m0/s1. The molecule has 0 aliphatic rings. The van der Waals surface area contributed by atoms with Crippen LogP contribution in [0.4, 0.5) is 0 Å². The van der Waals surface area contributed by atoms with E-state index in [-0.39, 0.29) is 38.0 Å². The Morgan fingerprint density at radius 3 is 1.40 bits per heavy atom. The third-order valence-electron chi connectivity index (χ3n) is 11.3. The molecule has 1 aromatic carbocycles. The number of aliphatic carboxylic acids is 4. The van der Waals surface area contributed by atoms with Gasteiger partial charge in [-0.25, -0.2) is 4.79 Å². The number of aromatic hydroxyl groups is 1. The van der Waals surface area contributed by atoms with Crippen LogP contribution in [0.15, 0.2) is 24.3 Å². The van der Waals surface area contributed by atoms with Gasteiger partial charge in [-0.15, -0.1) is 0 Å². The SMILES string of the molecule is CC[C@H](C)[C@H](NC(=O)[C@H](CCC(=O)O)NC(=O)[C@H](CC(=O)O)NC(=O)[C@H](CCC(=O)O)NC(=O)[C@H](Cc1ccc(O)cc1)NC(=O)[C@@H](N)CCCCN)C(=O)N[C@@H](CC(N)=O)C(=O)N[C@@H](CCCCN)C(=O)O. The highest BCUT2D eigenvalue weighted by molar-refractivity contribution is 5.99. The van der Waals surface area contributed by atoms with Crippen molar-refractivity contribution in [3.63, 3.8) is 0 Å². The first kappa shape index (κ1) is 63.6. The summed E-state index contributed by atoms with van der Waals surface area (Å²) in [4.78, 5) is 155. The molecule has 1 rings (SSSR count). The molecule has 0 unspecified atom stereocenters. The molecule has 20 N–H and O–H groups in total. The molecule has 0 spiro atoms. The summed E-state index contributed by atoms with van der Waals surface area (Å²) in [6.07, 6.45) is -3.09. The van der Waals surface area contributed by atoms with Crippen molar-refractivity contribution in [3.05, 3.63) is 29.8 Å². The van der Waals surface area contributed by atoms with Crippen LogP contribution >= 0.6 is 0 Å². The molecule has 408 valence electrons. The molecular formula is C45H71N11O17. The van der Waals surface area contributed by atoms with Gasteiger partial charge < -0.3 is 85.7 Å². The average Bonchev–Trinajstić information content (AvgIpc) is 3.31. The lowest BCUT2D eigenvalue weighted by Crippen LogP contribution is -2.61. The number of nitrogens with two attached hydrogens (primary N) is 4. The highest BCUT2D eigenvalue weighted by Gasteiger charge is 2.37. The van der Waals surface area contributed by atoms with Gasteiger partial charge >= 0.3 is 23.9 Å². The Kier molecular flexibility index (Phi) is 28.9. The quantitative estimate of drug-likeness (QED) is 0.0284. The summed E-state index contributed by atoms with van der Waals surface area (Å²) in [5.41, 5.74) is 22.8. The zero-order valence-electron chi connectivity index (χ0n) is 40.8. The second kappa shape index (κ2) is 33.2. The molecule has 8 amide bonds. The number of phenolic OH excluding ortho intramolecular Hbond substituents is 1. The summed E-state index contributed by atoms with van der Waals surface area (Å²) >= 11 is 0. The minimum absolute atomic E-state index is 0.0551. The fraction of sp³-hybridized carbons (Fsp3) is 0.600. The molecular weight excluding hydrogens is 967 g/mol. The van der Waals surface area contributed by atoms with E-state index in [9.17, 15) is 83.1 Å². The maximum atomic E-state index is 13.9. The number of hydrogen-bond acceptors (Lipinski definition) is 16. The summed E-state index contributed by atoms with van der Waals surface area (Å²) in [6, 6.07) is -7.68. The minimum atomic E-state index is -2.10. The fourth-order valence-electron chi connectivity index (χ4n) is 6.92. The van der Waals surface area contributed by atoms with Crippen molar-refractivity contribution >= 4 is 71.1 Å². The maximum absolute atomic E-state index is 13.9. The largest absolute Gasteiger partial charge is 0.508 e. The number of carboxylic acid groups (broad SMARTS) is 4. The molecule has 0 aliphatic carbocycles. The lowest BCUT2D eigenvalue weighted by molar-refractivity contribution is -0.143. The van der Waals surface area contributed by atoms with Crippen LogP contribution < -0.4 is 60.2 Å². The van der Waals surface area contributed by atoms with Gasteiger partial charge in [0.15, 0.2) is 0 Å². The lowest BCUT2D eigenvalue weighted by atomic mass is 9.96. The van der Waals surface area contributed by atoms with Crippen molar-refractivity contribution in [3.8, 4) is 5.75 Å². The first-order valence-electron chi connectivity index (χ1n) is 23.6. The number of amides is 8. The van der Waals surface area contributed by atoms with Crippen LogP contribution in [0.2, 0.25) is 0 Å². The van der Waals surface area contributed by atoms with Crippen LogP contribution in [0.3, 0.4) is 0 Å². The second-order valence-corrected chi connectivity index (χ2v) is 17.3. The van der Waals surface area contributed by atoms with Gasteiger partial charge in [0, 0.05) is 19.3 Å². The van der Waals surface area contributed by atoms with E-state index < -0.39 is 164 Å². The monoisotopic (exact) mass is 1040 g/mol. The number of unbranched alkanes of at least 4 members (excludes halogenated alkanes) is 2. The molecule has 28 nitrogen and oxygen atoms in total. The predicted molar refractivity (Wildman–Crippen MR) is 256 cm³/mol. The van der Waals surface area contributed by atoms with Crippen LogP contribution in [0, 0.1) is 5.92 Å². The van der Waals surface area contributed by atoms with E-state index in [4.69, 9.17) is 22.9 Å². The zero-order chi connectivity index (χ0) is 55.4. The van der Waals surface area contributed by atoms with Crippen molar-refractivity contribution < 1.29 is 83.1 Å². The molecule has 28 heteroatoms. The van der Waals surface area contributed by atoms with Crippen molar-refractivity contribution in [2.45, 2.75) is 152 Å². The van der Waals surface area contributed by atoms with Gasteiger partial charge in [0.1, 0.15) is 48.0 Å². The van der Waals surface area contributed by atoms with Gasteiger partial charge in [-0.3, -0.25) is 52.7 Å². The average molecular weight is 1040 g/mol. The molecule has 0 bridgehead atoms. The summed E-state index contributed by atoms with van der Waals surface area (Å²) < 4.78 is 0. The van der Waals surface area contributed by atoms with Crippen LogP contribution in [-0.4, -0.2) is 158 Å². The van der Waals surface area contributed by atoms with E-state index in [1.54, 1.807) is 6.92 Å². The Morgan fingerprint density at radius 1 is 0.507 bits per heavy atom. The number of carbonyl (C=O) groups excluding carboxylic acids is 8. The summed E-state index contributed by atoms with van der Waals surface area (Å²) in [6.45, 7) is 3.66. The number of hydrogen-bond donors (Lipinski definition) is 16. The van der Waals surface area contributed by atoms with Crippen molar-refractivity contribution in [2.24, 2.45) is 28.9 Å². The van der Waals surface area contributed by atoms with Gasteiger partial charge in [-0.05, 0) is 81.6 Å². The summed E-state index contributed by atoms with van der Waals surface area (Å²) in [7, 11) is 0. The molecule has 0 saturated carbocycles.